The molecule has 0 atom stereocenters. The van der Waals surface area contributed by atoms with Gasteiger partial charge in [0, 0.05) is 11.9 Å². The van der Waals surface area contributed by atoms with Gasteiger partial charge in [-0.2, -0.15) is 4.98 Å². The summed E-state index contributed by atoms with van der Waals surface area (Å²) < 4.78 is 5.29. The van der Waals surface area contributed by atoms with Crippen LogP contribution < -0.4 is 15.6 Å². The van der Waals surface area contributed by atoms with Crippen LogP contribution in [0.1, 0.15) is 5.56 Å². The smallest absolute Gasteiger partial charge is 0.262 e. The molecular weight excluding hydrogens is 340 g/mol. The Morgan fingerprint density at radius 1 is 1.07 bits per heavy atom. The molecule has 0 amide bonds. The van der Waals surface area contributed by atoms with Crippen molar-refractivity contribution < 1.29 is 4.74 Å². The normalized spacial score (nSPS) is 10.7. The summed E-state index contributed by atoms with van der Waals surface area (Å²) in [5.74, 6) is 1.08. The number of aromatic nitrogens is 3. The molecule has 0 spiro atoms. The minimum atomic E-state index is -0.248. The van der Waals surface area contributed by atoms with Crippen molar-refractivity contribution in [3.8, 4) is 16.9 Å². The number of nitrogens with zero attached hydrogens (tertiary/aromatic N) is 2. The Morgan fingerprint density at radius 3 is 2.74 bits per heavy atom. The van der Waals surface area contributed by atoms with E-state index in [2.05, 4.69) is 20.3 Å². The Balaban J connectivity index is 1.83. The number of benzene rings is 2. The Bertz CT molecular complexity index is 1180. The third kappa shape index (κ3) is 3.25. The zero-order chi connectivity index (χ0) is 18.8. The van der Waals surface area contributed by atoms with Crippen LogP contribution in [0.2, 0.25) is 0 Å². The lowest BCUT2D eigenvalue weighted by Crippen LogP contribution is -2.13. The van der Waals surface area contributed by atoms with E-state index >= 15 is 0 Å². The molecule has 0 aliphatic heterocycles. The monoisotopic (exact) mass is 358 g/mol. The summed E-state index contributed by atoms with van der Waals surface area (Å²) in [6.45, 7) is 1.99. The van der Waals surface area contributed by atoms with Gasteiger partial charge in [-0.3, -0.25) is 9.78 Å². The average Bonchev–Trinajstić information content (AvgIpc) is 2.69. The van der Waals surface area contributed by atoms with Gasteiger partial charge in [0.15, 0.2) is 5.65 Å². The molecule has 134 valence electrons. The molecule has 0 saturated heterocycles. The number of aromatic amines is 1. The van der Waals surface area contributed by atoms with E-state index in [0.29, 0.717) is 17.0 Å². The number of ether oxygens (including phenoxy) is 1. The number of rotatable bonds is 4. The molecule has 0 aliphatic rings. The lowest BCUT2D eigenvalue weighted by Gasteiger charge is -2.10. The fourth-order valence-electron chi connectivity index (χ4n) is 2.99. The highest BCUT2D eigenvalue weighted by Gasteiger charge is 2.12. The summed E-state index contributed by atoms with van der Waals surface area (Å²) in [6, 6.07) is 17.2. The zero-order valence-electron chi connectivity index (χ0n) is 15.0. The summed E-state index contributed by atoms with van der Waals surface area (Å²) >= 11 is 0. The molecule has 2 heterocycles. The average molecular weight is 358 g/mol. The van der Waals surface area contributed by atoms with Crippen molar-refractivity contribution in [3.63, 3.8) is 0 Å². The molecular formula is C21H18N4O2. The maximum Gasteiger partial charge on any atom is 0.262 e. The van der Waals surface area contributed by atoms with Crippen LogP contribution in [0.4, 0.5) is 11.6 Å². The first-order chi connectivity index (χ1) is 13.2. The Morgan fingerprint density at radius 2 is 1.93 bits per heavy atom. The zero-order valence-corrected chi connectivity index (χ0v) is 15.0. The van der Waals surface area contributed by atoms with Crippen LogP contribution in [0.5, 0.6) is 5.75 Å². The predicted molar refractivity (Wildman–Crippen MR) is 107 cm³/mol. The maximum atomic E-state index is 12.8. The van der Waals surface area contributed by atoms with E-state index in [4.69, 9.17) is 4.74 Å². The highest BCUT2D eigenvalue weighted by atomic mass is 16.5. The van der Waals surface area contributed by atoms with Crippen molar-refractivity contribution in [1.29, 1.82) is 0 Å². The molecule has 0 fully saturated rings. The third-order valence-electron chi connectivity index (χ3n) is 4.39. The number of anilines is 2. The van der Waals surface area contributed by atoms with Gasteiger partial charge in [-0.15, -0.1) is 0 Å². The van der Waals surface area contributed by atoms with Gasteiger partial charge in [0.2, 0.25) is 5.95 Å². The van der Waals surface area contributed by atoms with Crippen LogP contribution in [0.25, 0.3) is 22.2 Å². The molecule has 0 unspecified atom stereocenters. The van der Waals surface area contributed by atoms with Gasteiger partial charge < -0.3 is 10.1 Å². The van der Waals surface area contributed by atoms with E-state index in [1.54, 1.807) is 13.3 Å². The summed E-state index contributed by atoms with van der Waals surface area (Å²) in [7, 11) is 1.61. The SMILES string of the molecule is COc1cccc(-c2ccnc3nc(Nc4ccccc4C)[nH]c(=O)c23)c1. The quantitative estimate of drug-likeness (QED) is 0.575. The number of aryl methyl sites for hydroxylation is 1. The highest BCUT2D eigenvalue weighted by molar-refractivity contribution is 5.92. The van der Waals surface area contributed by atoms with E-state index in [-0.39, 0.29) is 5.56 Å². The predicted octanol–water partition coefficient (Wildman–Crippen LogP) is 4.05. The minimum absolute atomic E-state index is 0.248. The van der Waals surface area contributed by atoms with Crippen LogP contribution in [0, 0.1) is 6.92 Å². The molecule has 2 N–H and O–H groups in total. The number of H-pyrrole nitrogens is 1. The lowest BCUT2D eigenvalue weighted by atomic mass is 10.0. The number of para-hydroxylation sites is 1. The van der Waals surface area contributed by atoms with Gasteiger partial charge in [-0.25, -0.2) is 4.98 Å². The summed E-state index contributed by atoms with van der Waals surface area (Å²) in [5.41, 5.74) is 3.70. The van der Waals surface area contributed by atoms with Gasteiger partial charge in [0.25, 0.3) is 5.56 Å². The van der Waals surface area contributed by atoms with Crippen molar-refractivity contribution in [3.05, 3.63) is 76.7 Å². The van der Waals surface area contributed by atoms with Gasteiger partial charge in [0.05, 0.1) is 12.5 Å². The van der Waals surface area contributed by atoms with Crippen LogP contribution in [0.3, 0.4) is 0 Å². The standard InChI is InChI=1S/C21H18N4O2/c1-13-6-3-4-9-17(13)23-21-24-19-18(20(26)25-21)16(10-11-22-19)14-7-5-8-15(12-14)27-2/h3-12H,1-2H3,(H2,22,23,24,25,26). The molecule has 6 nitrogen and oxygen atoms in total. The molecule has 27 heavy (non-hydrogen) atoms. The van der Waals surface area contributed by atoms with Crippen LogP contribution in [-0.4, -0.2) is 22.1 Å². The Labute approximate surface area is 155 Å². The third-order valence-corrected chi connectivity index (χ3v) is 4.39. The van der Waals surface area contributed by atoms with Crippen LogP contribution >= 0.6 is 0 Å². The van der Waals surface area contributed by atoms with E-state index in [9.17, 15) is 4.79 Å². The first-order valence-corrected chi connectivity index (χ1v) is 8.52. The molecule has 2 aromatic heterocycles. The van der Waals surface area contributed by atoms with Crippen LogP contribution in [-0.2, 0) is 0 Å². The molecule has 0 saturated carbocycles. The van der Waals surface area contributed by atoms with Gasteiger partial charge >= 0.3 is 0 Å². The Kier molecular flexibility index (Phi) is 4.30. The summed E-state index contributed by atoms with van der Waals surface area (Å²) in [4.78, 5) is 24.4. The number of methoxy groups -OCH3 is 1. The first kappa shape index (κ1) is 16.8. The second kappa shape index (κ2) is 6.92. The van der Waals surface area contributed by atoms with Gasteiger partial charge in [-0.05, 0) is 47.9 Å². The first-order valence-electron chi connectivity index (χ1n) is 8.52. The van der Waals surface area contributed by atoms with E-state index in [1.807, 2.05) is 61.5 Å². The minimum Gasteiger partial charge on any atom is -0.497 e. The number of fused-ring (bicyclic) bond motifs is 1. The molecule has 6 heteroatoms. The Hall–Kier alpha value is -3.67. The van der Waals surface area contributed by atoms with E-state index < -0.39 is 0 Å². The van der Waals surface area contributed by atoms with Gasteiger partial charge in [0.1, 0.15) is 5.75 Å². The molecule has 0 bridgehead atoms. The maximum absolute atomic E-state index is 12.8. The topological polar surface area (TPSA) is 79.9 Å². The lowest BCUT2D eigenvalue weighted by molar-refractivity contribution is 0.415. The van der Waals surface area contributed by atoms with Crippen molar-refractivity contribution in [2.45, 2.75) is 6.92 Å². The van der Waals surface area contributed by atoms with Gasteiger partial charge in [-0.1, -0.05) is 30.3 Å². The second-order valence-corrected chi connectivity index (χ2v) is 6.14. The molecule has 4 rings (SSSR count). The van der Waals surface area contributed by atoms with E-state index in [1.165, 1.54) is 0 Å². The summed E-state index contributed by atoms with van der Waals surface area (Å²) in [5, 5.41) is 3.60. The highest BCUT2D eigenvalue weighted by Crippen LogP contribution is 2.28. The van der Waals surface area contributed by atoms with Crippen molar-refractivity contribution >= 4 is 22.7 Å². The number of nitrogens with one attached hydrogen (secondary N) is 2. The fraction of sp³-hybridized carbons (Fsp3) is 0.0952. The molecule has 4 aromatic rings. The van der Waals surface area contributed by atoms with Crippen molar-refractivity contribution in [2.75, 3.05) is 12.4 Å². The molecule has 2 aromatic carbocycles. The van der Waals surface area contributed by atoms with E-state index in [0.717, 1.165) is 28.1 Å². The second-order valence-electron chi connectivity index (χ2n) is 6.14. The van der Waals surface area contributed by atoms with Crippen molar-refractivity contribution in [2.24, 2.45) is 0 Å². The van der Waals surface area contributed by atoms with Crippen molar-refractivity contribution in [1.82, 2.24) is 15.0 Å². The number of hydrogen-bond donors (Lipinski definition) is 2. The summed E-state index contributed by atoms with van der Waals surface area (Å²) in [6.07, 6.45) is 1.65. The number of hydrogen-bond acceptors (Lipinski definition) is 5. The molecule has 0 aliphatic carbocycles. The fourth-order valence-corrected chi connectivity index (χ4v) is 2.99. The largest absolute Gasteiger partial charge is 0.497 e. The molecule has 0 radical (unpaired) electrons. The van der Waals surface area contributed by atoms with Crippen LogP contribution in [0.15, 0.2) is 65.6 Å². The number of pyridine rings is 1.